The molecule has 0 spiro atoms. The van der Waals surface area contributed by atoms with E-state index < -0.39 is 11.9 Å². The summed E-state index contributed by atoms with van der Waals surface area (Å²) in [6, 6.07) is 14.4. The van der Waals surface area contributed by atoms with Gasteiger partial charge in [0.2, 0.25) is 0 Å². The Bertz CT molecular complexity index is 679. The van der Waals surface area contributed by atoms with Gasteiger partial charge in [0.05, 0.1) is 0 Å². The van der Waals surface area contributed by atoms with E-state index in [0.29, 0.717) is 12.2 Å². The van der Waals surface area contributed by atoms with E-state index in [9.17, 15) is 19.8 Å². The summed E-state index contributed by atoms with van der Waals surface area (Å²) < 4.78 is 0. The van der Waals surface area contributed by atoms with Crippen molar-refractivity contribution in [1.82, 2.24) is 0 Å². The van der Waals surface area contributed by atoms with E-state index in [1.807, 2.05) is 24.3 Å². The topological polar surface area (TPSA) is 115 Å². The van der Waals surface area contributed by atoms with Crippen LogP contribution in [0.15, 0.2) is 60.7 Å². The van der Waals surface area contributed by atoms with Crippen LogP contribution in [0.5, 0.6) is 11.5 Å². The zero-order valence-electron chi connectivity index (χ0n) is 13.9. The number of benzene rings is 2. The first-order valence-corrected chi connectivity index (χ1v) is 7.36. The number of carbonyl (C=O) groups is 2. The molecule has 2 aromatic rings. The standard InChI is InChI=1S/C15H16O2.C4H4O4/c1-15(2,11-3-7-13(16)8-4-11)12-5-9-14(17)10-6-12;5-3(6)1-2-4(7)8/h3-10,16-17H,1-2H3;1-2H,(H,5,6)(H,7,8). The summed E-state index contributed by atoms with van der Waals surface area (Å²) in [6.07, 6.45) is 1.12. The Morgan fingerprint density at radius 2 is 1.00 bits per heavy atom. The predicted molar refractivity (Wildman–Crippen MR) is 92.8 cm³/mol. The maximum Gasteiger partial charge on any atom is 0.328 e. The molecule has 0 aromatic heterocycles. The summed E-state index contributed by atoms with van der Waals surface area (Å²) >= 11 is 0. The molecule has 2 rings (SSSR count). The molecule has 132 valence electrons. The van der Waals surface area contributed by atoms with Crippen molar-refractivity contribution in [3.63, 3.8) is 0 Å². The highest BCUT2D eigenvalue weighted by Crippen LogP contribution is 2.32. The molecule has 2 aromatic carbocycles. The average molecular weight is 344 g/mol. The number of hydrogen-bond donors (Lipinski definition) is 4. The number of aliphatic carboxylic acids is 2. The minimum Gasteiger partial charge on any atom is -0.508 e. The van der Waals surface area contributed by atoms with Crippen LogP contribution in [0.4, 0.5) is 0 Å². The number of phenolic OH excluding ortho intramolecular Hbond substituents is 2. The van der Waals surface area contributed by atoms with Gasteiger partial charge in [-0.3, -0.25) is 0 Å². The second-order valence-electron chi connectivity index (χ2n) is 5.73. The van der Waals surface area contributed by atoms with E-state index in [1.165, 1.54) is 0 Å². The van der Waals surface area contributed by atoms with Crippen molar-refractivity contribution in [2.75, 3.05) is 0 Å². The van der Waals surface area contributed by atoms with Crippen molar-refractivity contribution in [3.05, 3.63) is 71.8 Å². The van der Waals surface area contributed by atoms with Gasteiger partial charge in [0.15, 0.2) is 0 Å². The second kappa shape index (κ2) is 8.54. The predicted octanol–water partition coefficient (Wildman–Crippen LogP) is 3.14. The molecular weight excluding hydrogens is 324 g/mol. The number of aromatic hydroxyl groups is 2. The Morgan fingerprint density at radius 1 is 0.720 bits per heavy atom. The van der Waals surface area contributed by atoms with Gasteiger partial charge < -0.3 is 20.4 Å². The monoisotopic (exact) mass is 344 g/mol. The van der Waals surface area contributed by atoms with Crippen molar-refractivity contribution >= 4 is 11.9 Å². The van der Waals surface area contributed by atoms with Crippen molar-refractivity contribution < 1.29 is 30.0 Å². The Labute approximate surface area is 145 Å². The zero-order chi connectivity index (χ0) is 19.0. The molecular formula is C19H20O6. The second-order valence-corrected chi connectivity index (χ2v) is 5.73. The maximum absolute atomic E-state index is 9.55. The number of hydrogen-bond acceptors (Lipinski definition) is 4. The van der Waals surface area contributed by atoms with Crippen molar-refractivity contribution in [3.8, 4) is 11.5 Å². The molecule has 25 heavy (non-hydrogen) atoms. The molecule has 0 saturated heterocycles. The fraction of sp³-hybridized carbons (Fsp3) is 0.158. The molecule has 0 saturated carbocycles. The molecule has 0 heterocycles. The van der Waals surface area contributed by atoms with Gasteiger partial charge in [0.1, 0.15) is 11.5 Å². The third-order valence-corrected chi connectivity index (χ3v) is 3.55. The lowest BCUT2D eigenvalue weighted by molar-refractivity contribution is -0.134. The molecule has 6 nitrogen and oxygen atoms in total. The Hall–Kier alpha value is -3.28. The minimum absolute atomic E-state index is 0.151. The summed E-state index contributed by atoms with van der Waals surface area (Å²) in [4.78, 5) is 19.1. The van der Waals surface area contributed by atoms with E-state index >= 15 is 0 Å². The Balaban J connectivity index is 0.000000333. The Morgan fingerprint density at radius 3 is 1.24 bits per heavy atom. The Kier molecular flexibility index (Phi) is 6.75. The average Bonchev–Trinajstić information content (AvgIpc) is 2.54. The largest absolute Gasteiger partial charge is 0.508 e. The molecule has 0 unspecified atom stereocenters. The van der Waals surface area contributed by atoms with E-state index in [2.05, 4.69) is 13.8 Å². The third kappa shape index (κ3) is 6.39. The first-order chi connectivity index (χ1) is 11.6. The summed E-state index contributed by atoms with van der Waals surface area (Å²) in [7, 11) is 0. The number of carboxylic acid groups (broad SMARTS) is 2. The quantitative estimate of drug-likeness (QED) is 0.633. The normalized spacial score (nSPS) is 10.8. The fourth-order valence-electron chi connectivity index (χ4n) is 2.07. The molecule has 0 aliphatic heterocycles. The molecule has 0 fully saturated rings. The fourth-order valence-corrected chi connectivity index (χ4v) is 2.07. The van der Waals surface area contributed by atoms with Gasteiger partial charge in [-0.05, 0) is 35.4 Å². The minimum atomic E-state index is -1.26. The molecule has 0 bridgehead atoms. The summed E-state index contributed by atoms with van der Waals surface area (Å²) in [6.45, 7) is 4.23. The smallest absolute Gasteiger partial charge is 0.328 e. The van der Waals surface area contributed by atoms with Crippen molar-refractivity contribution in [1.29, 1.82) is 0 Å². The van der Waals surface area contributed by atoms with Crippen molar-refractivity contribution in [2.24, 2.45) is 0 Å². The van der Waals surface area contributed by atoms with Crippen LogP contribution in [-0.4, -0.2) is 32.4 Å². The van der Waals surface area contributed by atoms with Crippen LogP contribution in [0.1, 0.15) is 25.0 Å². The SMILES string of the molecule is CC(C)(c1ccc(O)cc1)c1ccc(O)cc1.O=C(O)C=CC(=O)O. The highest BCUT2D eigenvalue weighted by Gasteiger charge is 2.22. The van der Waals surface area contributed by atoms with Gasteiger partial charge >= 0.3 is 11.9 Å². The summed E-state index contributed by atoms with van der Waals surface area (Å²) in [5.41, 5.74) is 2.10. The van der Waals surface area contributed by atoms with Gasteiger partial charge in [-0.15, -0.1) is 0 Å². The lowest BCUT2D eigenvalue weighted by atomic mass is 9.78. The van der Waals surface area contributed by atoms with Gasteiger partial charge in [-0.2, -0.15) is 0 Å². The summed E-state index contributed by atoms with van der Waals surface area (Å²) in [5, 5.41) is 34.2. The third-order valence-electron chi connectivity index (χ3n) is 3.55. The van der Waals surface area contributed by atoms with Gasteiger partial charge in [0.25, 0.3) is 0 Å². The highest BCUT2D eigenvalue weighted by atomic mass is 16.4. The van der Waals surface area contributed by atoms with E-state index in [0.717, 1.165) is 11.1 Å². The first-order valence-electron chi connectivity index (χ1n) is 7.36. The summed E-state index contributed by atoms with van der Waals surface area (Å²) in [5.74, 6) is -1.97. The molecule has 0 aliphatic rings. The number of rotatable bonds is 4. The van der Waals surface area contributed by atoms with Crippen molar-refractivity contribution in [2.45, 2.75) is 19.3 Å². The van der Waals surface area contributed by atoms with Gasteiger partial charge in [-0.25, -0.2) is 9.59 Å². The number of phenols is 2. The molecule has 4 N–H and O–H groups in total. The van der Waals surface area contributed by atoms with Crippen LogP contribution in [0.3, 0.4) is 0 Å². The molecule has 0 radical (unpaired) electrons. The van der Waals surface area contributed by atoms with E-state index in [-0.39, 0.29) is 16.9 Å². The molecule has 0 atom stereocenters. The zero-order valence-corrected chi connectivity index (χ0v) is 13.9. The van der Waals surface area contributed by atoms with Crippen LogP contribution in [0, 0.1) is 0 Å². The van der Waals surface area contributed by atoms with Crippen LogP contribution in [-0.2, 0) is 15.0 Å². The maximum atomic E-state index is 9.55. The van der Waals surface area contributed by atoms with Gasteiger partial charge in [-0.1, -0.05) is 38.1 Å². The van der Waals surface area contributed by atoms with E-state index in [1.54, 1.807) is 24.3 Å². The van der Waals surface area contributed by atoms with Crippen LogP contribution in [0.25, 0.3) is 0 Å². The first kappa shape index (κ1) is 19.8. The van der Waals surface area contributed by atoms with E-state index in [4.69, 9.17) is 10.2 Å². The number of carboxylic acids is 2. The molecule has 6 heteroatoms. The van der Waals surface area contributed by atoms with Crippen LogP contribution >= 0.6 is 0 Å². The molecule has 0 aliphatic carbocycles. The lowest BCUT2D eigenvalue weighted by Gasteiger charge is -2.26. The van der Waals surface area contributed by atoms with Crippen LogP contribution in [0.2, 0.25) is 0 Å². The van der Waals surface area contributed by atoms with Crippen LogP contribution < -0.4 is 0 Å². The molecule has 0 amide bonds. The lowest BCUT2D eigenvalue weighted by Crippen LogP contribution is -2.18. The highest BCUT2D eigenvalue weighted by molar-refractivity contribution is 5.89. The van der Waals surface area contributed by atoms with Gasteiger partial charge in [0, 0.05) is 17.6 Å².